The summed E-state index contributed by atoms with van der Waals surface area (Å²) in [5.74, 6) is -4.82. The van der Waals surface area contributed by atoms with Crippen LogP contribution in [0, 0.1) is 23.7 Å². The van der Waals surface area contributed by atoms with Crippen molar-refractivity contribution in [3.63, 3.8) is 0 Å². The van der Waals surface area contributed by atoms with E-state index in [2.05, 4.69) is 0 Å². The molecule has 0 bridgehead atoms. The standard InChI is InChI=1S/C28H47NO8/c1-16(2)24-12-9-18(4)28(35,37-24)25(32)26(33)29-13-7-6-8-21(29)27(34)36-19(5)17(3)14-20-10-11-22(30)23(31)15-20/h16-24,30-31,35H,6-15H2,1-5H3. The maximum absolute atomic E-state index is 13.4. The number of ketones is 1. The van der Waals surface area contributed by atoms with Gasteiger partial charge < -0.3 is 29.7 Å². The van der Waals surface area contributed by atoms with E-state index in [0.29, 0.717) is 38.5 Å². The normalized spacial score (nSPS) is 36.6. The Morgan fingerprint density at radius 3 is 2.35 bits per heavy atom. The highest BCUT2D eigenvalue weighted by atomic mass is 16.6. The smallest absolute Gasteiger partial charge is 0.329 e. The molecule has 0 spiro atoms. The molecule has 9 atom stereocenters. The van der Waals surface area contributed by atoms with Gasteiger partial charge in [0.25, 0.3) is 11.7 Å². The first-order valence-corrected chi connectivity index (χ1v) is 14.2. The fourth-order valence-corrected chi connectivity index (χ4v) is 5.99. The summed E-state index contributed by atoms with van der Waals surface area (Å²) in [6, 6.07) is -0.880. The van der Waals surface area contributed by atoms with E-state index in [1.165, 1.54) is 4.90 Å². The number of hydrogen-bond acceptors (Lipinski definition) is 8. The lowest BCUT2D eigenvalue weighted by Gasteiger charge is -2.43. The Morgan fingerprint density at radius 2 is 1.70 bits per heavy atom. The quantitative estimate of drug-likeness (QED) is 0.325. The van der Waals surface area contributed by atoms with Gasteiger partial charge in [-0.1, -0.05) is 27.7 Å². The molecule has 1 saturated carbocycles. The van der Waals surface area contributed by atoms with Crippen LogP contribution in [0.1, 0.15) is 92.4 Å². The maximum Gasteiger partial charge on any atom is 0.329 e. The van der Waals surface area contributed by atoms with Crippen LogP contribution in [0.15, 0.2) is 0 Å². The summed E-state index contributed by atoms with van der Waals surface area (Å²) in [5.41, 5.74) is 0. The van der Waals surface area contributed by atoms with Crippen LogP contribution in [0.5, 0.6) is 0 Å². The minimum absolute atomic E-state index is 0.0240. The molecule has 212 valence electrons. The third kappa shape index (κ3) is 6.91. The Hall–Kier alpha value is -1.55. The van der Waals surface area contributed by atoms with Crippen LogP contribution in [0.3, 0.4) is 0 Å². The molecule has 3 fully saturated rings. The SMILES string of the molecule is CC(C)C1CCC(C)C(O)(C(=O)C(=O)N2CCCCC2C(=O)OC(C)C(C)CC2CCC(O)C(O)C2)O1. The number of likely N-dealkylation sites (tertiary alicyclic amines) is 1. The lowest BCUT2D eigenvalue weighted by atomic mass is 9.79. The molecular weight excluding hydrogens is 478 g/mol. The minimum Gasteiger partial charge on any atom is -0.461 e. The number of carbonyl (C=O) groups is 3. The Morgan fingerprint density at radius 1 is 1.00 bits per heavy atom. The molecule has 9 heteroatoms. The number of rotatable bonds is 8. The summed E-state index contributed by atoms with van der Waals surface area (Å²) in [7, 11) is 0. The van der Waals surface area contributed by atoms with Crippen molar-refractivity contribution < 1.29 is 39.2 Å². The summed E-state index contributed by atoms with van der Waals surface area (Å²) in [6.45, 7) is 9.67. The molecule has 0 aromatic carbocycles. The fraction of sp³-hybridized carbons (Fsp3) is 0.893. The van der Waals surface area contributed by atoms with E-state index in [1.54, 1.807) is 6.92 Å². The van der Waals surface area contributed by atoms with Gasteiger partial charge in [-0.15, -0.1) is 0 Å². The topological polar surface area (TPSA) is 134 Å². The predicted molar refractivity (Wildman–Crippen MR) is 136 cm³/mol. The summed E-state index contributed by atoms with van der Waals surface area (Å²) in [6.07, 6.45) is 3.60. The molecule has 3 N–H and O–H groups in total. The predicted octanol–water partition coefficient (Wildman–Crippen LogP) is 2.58. The van der Waals surface area contributed by atoms with Crippen molar-refractivity contribution in [3.05, 3.63) is 0 Å². The highest BCUT2D eigenvalue weighted by molar-refractivity contribution is 6.39. The van der Waals surface area contributed by atoms with E-state index in [1.807, 2.05) is 27.7 Å². The molecule has 2 saturated heterocycles. The van der Waals surface area contributed by atoms with Gasteiger partial charge in [0, 0.05) is 12.5 Å². The molecule has 2 heterocycles. The number of hydrogen-bond donors (Lipinski definition) is 3. The molecule has 0 aromatic rings. The lowest BCUT2D eigenvalue weighted by molar-refractivity contribution is -0.269. The maximum atomic E-state index is 13.4. The Labute approximate surface area is 220 Å². The van der Waals surface area contributed by atoms with Gasteiger partial charge >= 0.3 is 5.97 Å². The van der Waals surface area contributed by atoms with Gasteiger partial charge in [-0.05, 0) is 82.5 Å². The third-order valence-corrected chi connectivity index (χ3v) is 8.88. The van der Waals surface area contributed by atoms with Gasteiger partial charge in [-0.25, -0.2) is 4.79 Å². The molecule has 9 unspecified atom stereocenters. The van der Waals surface area contributed by atoms with Crippen LogP contribution in [0.4, 0.5) is 0 Å². The van der Waals surface area contributed by atoms with Crippen molar-refractivity contribution in [2.75, 3.05) is 6.54 Å². The number of carbonyl (C=O) groups excluding carboxylic acids is 3. The van der Waals surface area contributed by atoms with E-state index >= 15 is 0 Å². The van der Waals surface area contributed by atoms with Crippen molar-refractivity contribution in [2.24, 2.45) is 23.7 Å². The molecule has 1 amide bonds. The van der Waals surface area contributed by atoms with E-state index in [4.69, 9.17) is 9.47 Å². The number of aliphatic hydroxyl groups is 3. The van der Waals surface area contributed by atoms with Crippen LogP contribution in [0.2, 0.25) is 0 Å². The third-order valence-electron chi connectivity index (χ3n) is 8.88. The Balaban J connectivity index is 1.63. The molecule has 37 heavy (non-hydrogen) atoms. The summed E-state index contributed by atoms with van der Waals surface area (Å²) < 4.78 is 11.6. The molecule has 1 aliphatic carbocycles. The zero-order chi connectivity index (χ0) is 27.5. The summed E-state index contributed by atoms with van der Waals surface area (Å²) in [5, 5.41) is 30.9. The number of esters is 1. The second kappa shape index (κ2) is 12.5. The molecule has 0 radical (unpaired) electrons. The first kappa shape index (κ1) is 30.0. The molecule has 2 aliphatic heterocycles. The van der Waals surface area contributed by atoms with Gasteiger partial charge in [0.15, 0.2) is 0 Å². The van der Waals surface area contributed by atoms with Crippen molar-refractivity contribution in [2.45, 2.75) is 129 Å². The zero-order valence-electron chi connectivity index (χ0n) is 23.1. The number of amides is 1. The first-order chi connectivity index (χ1) is 17.3. The largest absolute Gasteiger partial charge is 0.461 e. The first-order valence-electron chi connectivity index (χ1n) is 14.2. The van der Waals surface area contributed by atoms with Crippen molar-refractivity contribution in [3.8, 4) is 0 Å². The summed E-state index contributed by atoms with van der Waals surface area (Å²) >= 11 is 0. The lowest BCUT2D eigenvalue weighted by Crippen LogP contribution is -2.61. The zero-order valence-corrected chi connectivity index (χ0v) is 23.1. The van der Waals surface area contributed by atoms with Crippen LogP contribution in [-0.4, -0.2) is 80.7 Å². The van der Waals surface area contributed by atoms with Crippen LogP contribution in [-0.2, 0) is 23.9 Å². The van der Waals surface area contributed by atoms with Crippen LogP contribution < -0.4 is 0 Å². The molecule has 0 aromatic heterocycles. The number of piperidine rings is 1. The number of aliphatic hydroxyl groups excluding tert-OH is 2. The monoisotopic (exact) mass is 525 g/mol. The molecule has 9 nitrogen and oxygen atoms in total. The van der Waals surface area contributed by atoms with Crippen molar-refractivity contribution in [1.29, 1.82) is 0 Å². The highest BCUT2D eigenvalue weighted by Gasteiger charge is 2.53. The van der Waals surface area contributed by atoms with E-state index < -0.39 is 53.7 Å². The van der Waals surface area contributed by atoms with Gasteiger partial charge in [-0.2, -0.15) is 0 Å². The van der Waals surface area contributed by atoms with Crippen LogP contribution in [0.25, 0.3) is 0 Å². The fourth-order valence-electron chi connectivity index (χ4n) is 5.99. The van der Waals surface area contributed by atoms with Gasteiger partial charge in [-0.3, -0.25) is 9.59 Å². The van der Waals surface area contributed by atoms with Crippen LogP contribution >= 0.6 is 0 Å². The average molecular weight is 526 g/mol. The number of ether oxygens (including phenoxy) is 2. The van der Waals surface area contributed by atoms with Gasteiger partial charge in [0.1, 0.15) is 12.1 Å². The molecule has 3 aliphatic rings. The number of Topliss-reactive ketones (excluding diaryl/α,β-unsaturated/α-hetero) is 1. The Bertz CT molecular complexity index is 818. The van der Waals surface area contributed by atoms with E-state index in [9.17, 15) is 29.7 Å². The van der Waals surface area contributed by atoms with Gasteiger partial charge in [0.05, 0.1) is 18.3 Å². The Kier molecular flexibility index (Phi) is 10.2. The second-order valence-electron chi connectivity index (χ2n) is 12.1. The summed E-state index contributed by atoms with van der Waals surface area (Å²) in [4.78, 5) is 41.1. The van der Waals surface area contributed by atoms with Crippen molar-refractivity contribution >= 4 is 17.7 Å². The van der Waals surface area contributed by atoms with Gasteiger partial charge in [0.2, 0.25) is 5.79 Å². The van der Waals surface area contributed by atoms with E-state index in [0.717, 1.165) is 19.3 Å². The molecule has 3 rings (SSSR count). The number of nitrogens with zero attached hydrogens (tertiary/aromatic N) is 1. The van der Waals surface area contributed by atoms with E-state index in [-0.39, 0.29) is 30.4 Å². The highest BCUT2D eigenvalue weighted by Crippen LogP contribution is 2.36. The average Bonchev–Trinajstić information content (AvgIpc) is 2.86. The van der Waals surface area contributed by atoms with Crippen molar-refractivity contribution in [1.82, 2.24) is 4.90 Å². The minimum atomic E-state index is -2.20. The molecular formula is C28H47NO8. The second-order valence-corrected chi connectivity index (χ2v) is 12.1.